The Morgan fingerprint density at radius 1 is 1.59 bits per heavy atom. The van der Waals surface area contributed by atoms with Crippen molar-refractivity contribution in [3.05, 3.63) is 29.6 Å². The quantitative estimate of drug-likeness (QED) is 0.849. The van der Waals surface area contributed by atoms with Crippen LogP contribution in [0.3, 0.4) is 0 Å². The van der Waals surface area contributed by atoms with Crippen LogP contribution in [0.2, 0.25) is 0 Å². The zero-order valence-electron chi connectivity index (χ0n) is 10.2. The van der Waals surface area contributed by atoms with Gasteiger partial charge in [-0.15, -0.1) is 0 Å². The maximum Gasteiger partial charge on any atom is 0.165 e. The summed E-state index contributed by atoms with van der Waals surface area (Å²) in [6.07, 6.45) is 1.11. The van der Waals surface area contributed by atoms with Crippen LogP contribution in [0.5, 0.6) is 5.75 Å². The molecule has 3 nitrogen and oxygen atoms in total. The van der Waals surface area contributed by atoms with Crippen molar-refractivity contribution in [2.75, 3.05) is 6.61 Å². The number of aromatic hydroxyl groups is 1. The molecule has 2 unspecified atom stereocenters. The molecule has 2 rings (SSSR count). The average Bonchev–Trinajstić information content (AvgIpc) is 2.62. The molecule has 2 atom stereocenters. The first-order chi connectivity index (χ1) is 8.01. The predicted octanol–water partition coefficient (Wildman–Crippen LogP) is 2.19. The molecule has 17 heavy (non-hydrogen) atoms. The Morgan fingerprint density at radius 2 is 2.35 bits per heavy atom. The fraction of sp³-hybridized carbons (Fsp3) is 0.538. The minimum absolute atomic E-state index is 0.0611. The lowest BCUT2D eigenvalue weighted by molar-refractivity contribution is 0.0881. The van der Waals surface area contributed by atoms with Crippen LogP contribution in [-0.2, 0) is 11.3 Å². The molecule has 0 radical (unpaired) electrons. The van der Waals surface area contributed by atoms with Gasteiger partial charge in [0.25, 0.3) is 0 Å². The van der Waals surface area contributed by atoms with E-state index in [1.54, 1.807) is 6.07 Å². The molecule has 1 aliphatic heterocycles. The number of rotatable bonds is 3. The van der Waals surface area contributed by atoms with E-state index in [4.69, 9.17) is 9.84 Å². The van der Waals surface area contributed by atoms with Gasteiger partial charge in [0, 0.05) is 18.7 Å². The summed E-state index contributed by atoms with van der Waals surface area (Å²) < 4.78 is 18.7. The first kappa shape index (κ1) is 12.3. The molecule has 1 aliphatic rings. The van der Waals surface area contributed by atoms with E-state index in [-0.39, 0.29) is 17.4 Å². The molecule has 0 aromatic heterocycles. The van der Waals surface area contributed by atoms with Gasteiger partial charge < -0.3 is 15.2 Å². The van der Waals surface area contributed by atoms with Crippen LogP contribution in [0.25, 0.3) is 0 Å². The van der Waals surface area contributed by atoms with Gasteiger partial charge in [-0.1, -0.05) is 6.07 Å². The van der Waals surface area contributed by atoms with Gasteiger partial charge in [0.1, 0.15) is 0 Å². The van der Waals surface area contributed by atoms with Crippen LogP contribution in [0.1, 0.15) is 25.8 Å². The highest BCUT2D eigenvalue weighted by atomic mass is 19.1. The molecule has 0 saturated carbocycles. The summed E-state index contributed by atoms with van der Waals surface area (Å²) in [5.74, 6) is -0.886. The van der Waals surface area contributed by atoms with Gasteiger partial charge in [-0.05, 0) is 38.0 Å². The standard InChI is InChI=1S/C13H18FNO2/c1-9-13(2,5-6-17-9)15-8-10-3-4-12(16)11(14)7-10/h3-4,7,9,15-16H,5-6,8H2,1-2H3. The first-order valence-electron chi connectivity index (χ1n) is 5.85. The lowest BCUT2D eigenvalue weighted by atomic mass is 9.94. The minimum Gasteiger partial charge on any atom is -0.505 e. The van der Waals surface area contributed by atoms with Gasteiger partial charge >= 0.3 is 0 Å². The van der Waals surface area contributed by atoms with E-state index in [1.165, 1.54) is 12.1 Å². The van der Waals surface area contributed by atoms with Crippen molar-refractivity contribution in [1.82, 2.24) is 5.32 Å². The van der Waals surface area contributed by atoms with Gasteiger partial charge in [-0.2, -0.15) is 0 Å². The van der Waals surface area contributed by atoms with E-state index in [2.05, 4.69) is 12.2 Å². The van der Waals surface area contributed by atoms with Gasteiger partial charge in [0.05, 0.1) is 6.10 Å². The second kappa shape index (κ2) is 4.63. The Bertz CT molecular complexity index is 410. The second-order valence-electron chi connectivity index (χ2n) is 4.82. The molecular formula is C13H18FNO2. The SMILES string of the molecule is CC1OCCC1(C)NCc1ccc(O)c(F)c1. The third-order valence-corrected chi connectivity index (χ3v) is 3.59. The summed E-state index contributed by atoms with van der Waals surface area (Å²) in [5.41, 5.74) is 0.759. The van der Waals surface area contributed by atoms with E-state index >= 15 is 0 Å². The van der Waals surface area contributed by atoms with Gasteiger partial charge in [0.15, 0.2) is 11.6 Å². The summed E-state index contributed by atoms with van der Waals surface area (Å²) in [6, 6.07) is 4.45. The van der Waals surface area contributed by atoms with E-state index in [0.29, 0.717) is 6.54 Å². The normalized spacial score (nSPS) is 28.5. The smallest absolute Gasteiger partial charge is 0.165 e. The van der Waals surface area contributed by atoms with Gasteiger partial charge in [-0.25, -0.2) is 4.39 Å². The number of nitrogens with one attached hydrogen (secondary N) is 1. The molecular weight excluding hydrogens is 221 g/mol. The van der Waals surface area contributed by atoms with Crippen molar-refractivity contribution < 1.29 is 14.2 Å². The van der Waals surface area contributed by atoms with E-state index in [9.17, 15) is 4.39 Å². The Labute approximate surface area is 101 Å². The molecule has 0 bridgehead atoms. The Kier molecular flexibility index (Phi) is 3.35. The largest absolute Gasteiger partial charge is 0.505 e. The van der Waals surface area contributed by atoms with Crippen molar-refractivity contribution in [1.29, 1.82) is 0 Å². The fourth-order valence-corrected chi connectivity index (χ4v) is 2.03. The average molecular weight is 239 g/mol. The Morgan fingerprint density at radius 3 is 2.94 bits per heavy atom. The van der Waals surface area contributed by atoms with E-state index in [0.717, 1.165) is 18.6 Å². The topological polar surface area (TPSA) is 41.5 Å². The Balaban J connectivity index is 2.00. The number of hydrogen-bond acceptors (Lipinski definition) is 3. The molecule has 0 spiro atoms. The zero-order valence-corrected chi connectivity index (χ0v) is 10.2. The van der Waals surface area contributed by atoms with Crippen molar-refractivity contribution in [2.24, 2.45) is 0 Å². The first-order valence-corrected chi connectivity index (χ1v) is 5.85. The number of phenolic OH excluding ortho intramolecular Hbond substituents is 1. The maximum absolute atomic E-state index is 13.1. The van der Waals surface area contributed by atoms with Crippen molar-refractivity contribution >= 4 is 0 Å². The molecule has 0 aliphatic carbocycles. The highest BCUT2D eigenvalue weighted by Crippen LogP contribution is 2.25. The maximum atomic E-state index is 13.1. The van der Waals surface area contributed by atoms with Crippen LogP contribution < -0.4 is 5.32 Å². The number of halogens is 1. The van der Waals surface area contributed by atoms with Crippen LogP contribution >= 0.6 is 0 Å². The fourth-order valence-electron chi connectivity index (χ4n) is 2.03. The number of hydrogen-bond donors (Lipinski definition) is 2. The zero-order chi connectivity index (χ0) is 12.5. The van der Waals surface area contributed by atoms with Crippen molar-refractivity contribution in [3.8, 4) is 5.75 Å². The van der Waals surface area contributed by atoms with E-state index < -0.39 is 5.82 Å². The van der Waals surface area contributed by atoms with E-state index in [1.807, 2.05) is 6.92 Å². The van der Waals surface area contributed by atoms with Crippen LogP contribution in [-0.4, -0.2) is 23.4 Å². The molecule has 1 aromatic rings. The lowest BCUT2D eigenvalue weighted by Gasteiger charge is -2.29. The van der Waals surface area contributed by atoms with Crippen LogP contribution in [0.15, 0.2) is 18.2 Å². The highest BCUT2D eigenvalue weighted by molar-refractivity contribution is 5.28. The summed E-state index contributed by atoms with van der Waals surface area (Å²) in [4.78, 5) is 0. The summed E-state index contributed by atoms with van der Waals surface area (Å²) in [6.45, 7) is 5.48. The second-order valence-corrected chi connectivity index (χ2v) is 4.82. The highest BCUT2D eigenvalue weighted by Gasteiger charge is 2.36. The summed E-state index contributed by atoms with van der Waals surface area (Å²) in [7, 11) is 0. The number of phenols is 1. The van der Waals surface area contributed by atoms with Gasteiger partial charge in [-0.3, -0.25) is 0 Å². The molecule has 1 aromatic carbocycles. The molecule has 4 heteroatoms. The molecule has 94 valence electrons. The third kappa shape index (κ3) is 2.58. The van der Waals surface area contributed by atoms with Crippen LogP contribution in [0, 0.1) is 5.82 Å². The van der Waals surface area contributed by atoms with Crippen molar-refractivity contribution in [3.63, 3.8) is 0 Å². The summed E-state index contributed by atoms with van der Waals surface area (Å²) >= 11 is 0. The summed E-state index contributed by atoms with van der Waals surface area (Å²) in [5, 5.41) is 12.5. The number of ether oxygens (including phenoxy) is 1. The predicted molar refractivity (Wildman–Crippen MR) is 63.3 cm³/mol. The third-order valence-electron chi connectivity index (χ3n) is 3.59. The molecule has 1 fully saturated rings. The number of benzene rings is 1. The van der Waals surface area contributed by atoms with Crippen molar-refractivity contribution in [2.45, 2.75) is 38.5 Å². The molecule has 1 saturated heterocycles. The Hall–Kier alpha value is -1.13. The minimum atomic E-state index is -0.579. The lowest BCUT2D eigenvalue weighted by Crippen LogP contribution is -2.47. The van der Waals surface area contributed by atoms with Gasteiger partial charge in [0.2, 0.25) is 0 Å². The molecule has 1 heterocycles. The molecule has 2 N–H and O–H groups in total. The monoisotopic (exact) mass is 239 g/mol. The van der Waals surface area contributed by atoms with Crippen LogP contribution in [0.4, 0.5) is 4.39 Å². The molecule has 0 amide bonds.